The van der Waals surface area contributed by atoms with Crippen molar-refractivity contribution in [3.05, 3.63) is 53.3 Å². The molecule has 2 unspecified atom stereocenters. The minimum absolute atomic E-state index is 0.330. The molecule has 0 saturated carbocycles. The summed E-state index contributed by atoms with van der Waals surface area (Å²) in [6.07, 6.45) is 1.04. The summed E-state index contributed by atoms with van der Waals surface area (Å²) in [5, 5.41) is 7.15. The van der Waals surface area contributed by atoms with Crippen molar-refractivity contribution in [3.8, 4) is 0 Å². The summed E-state index contributed by atoms with van der Waals surface area (Å²) < 4.78 is 1.83. The Bertz CT molecular complexity index is 935. The first kappa shape index (κ1) is 18.2. The van der Waals surface area contributed by atoms with Gasteiger partial charge in [-0.15, -0.1) is 0 Å². The van der Waals surface area contributed by atoms with Crippen LogP contribution < -0.4 is 5.32 Å². The molecule has 2 aliphatic heterocycles. The van der Waals surface area contributed by atoms with Gasteiger partial charge in [-0.2, -0.15) is 5.10 Å². The number of carbonyl (C=O) groups is 2. The van der Waals surface area contributed by atoms with E-state index in [1.165, 1.54) is 4.90 Å². The summed E-state index contributed by atoms with van der Waals surface area (Å²) in [6, 6.07) is 11.0. The molecule has 1 saturated heterocycles. The molecule has 1 aromatic carbocycles. The van der Waals surface area contributed by atoms with Crippen LogP contribution in [0.25, 0.3) is 0 Å². The van der Waals surface area contributed by atoms with Gasteiger partial charge in [-0.1, -0.05) is 44.2 Å². The lowest BCUT2D eigenvalue weighted by atomic mass is 10.1. The van der Waals surface area contributed by atoms with Crippen molar-refractivity contribution < 1.29 is 9.59 Å². The first-order valence-corrected chi connectivity index (χ1v) is 9.57. The van der Waals surface area contributed by atoms with Gasteiger partial charge < -0.3 is 9.80 Å². The van der Waals surface area contributed by atoms with Gasteiger partial charge in [-0.25, -0.2) is 14.5 Å². The van der Waals surface area contributed by atoms with Gasteiger partial charge in [-0.05, 0) is 24.5 Å². The number of urea groups is 1. The van der Waals surface area contributed by atoms with E-state index in [-0.39, 0.29) is 5.91 Å². The van der Waals surface area contributed by atoms with E-state index < -0.39 is 18.2 Å². The minimum atomic E-state index is -0.586. The Balaban J connectivity index is 1.80. The molecule has 3 heterocycles. The van der Waals surface area contributed by atoms with Gasteiger partial charge in [0, 0.05) is 19.3 Å². The van der Waals surface area contributed by atoms with Crippen molar-refractivity contribution in [2.75, 3.05) is 7.05 Å². The summed E-state index contributed by atoms with van der Waals surface area (Å²) in [5.74, 6) is 0.274. The van der Waals surface area contributed by atoms with E-state index in [2.05, 4.69) is 25.2 Å². The summed E-state index contributed by atoms with van der Waals surface area (Å²) in [5.41, 5.74) is 3.06. The molecule has 8 heteroatoms. The fourth-order valence-electron chi connectivity index (χ4n) is 3.71. The number of imide groups is 1. The molecule has 1 fully saturated rings. The normalized spacial score (nSPS) is 21.6. The Morgan fingerprint density at radius 1 is 1.11 bits per heavy atom. The largest absolute Gasteiger partial charge is 0.325 e. The molecular formula is C20H24N6O2. The number of likely N-dealkylation sites (N-methyl/N-ethyl adjacent to an activating group) is 1. The molecule has 0 spiro atoms. The average molecular weight is 380 g/mol. The molecule has 3 amide bonds. The third-order valence-corrected chi connectivity index (χ3v) is 5.28. The molecule has 0 radical (unpaired) electrons. The number of aryl methyl sites for hydroxylation is 2. The highest BCUT2D eigenvalue weighted by molar-refractivity contribution is 6.04. The Morgan fingerprint density at radius 3 is 2.54 bits per heavy atom. The summed E-state index contributed by atoms with van der Waals surface area (Å²) in [7, 11) is 1.66. The highest BCUT2D eigenvalue weighted by Crippen LogP contribution is 2.27. The highest BCUT2D eigenvalue weighted by Gasteiger charge is 2.49. The maximum Gasteiger partial charge on any atom is 0.325 e. The highest BCUT2D eigenvalue weighted by atomic mass is 16.2. The van der Waals surface area contributed by atoms with E-state index in [9.17, 15) is 9.59 Å². The van der Waals surface area contributed by atoms with Crippen molar-refractivity contribution in [2.45, 2.75) is 45.4 Å². The summed E-state index contributed by atoms with van der Waals surface area (Å²) in [6.45, 7) is 4.63. The summed E-state index contributed by atoms with van der Waals surface area (Å²) >= 11 is 0. The molecule has 146 valence electrons. The van der Waals surface area contributed by atoms with Crippen LogP contribution in [0.4, 0.5) is 4.79 Å². The molecule has 1 aromatic heterocycles. The minimum Gasteiger partial charge on any atom is -0.321 e. The predicted molar refractivity (Wildman–Crippen MR) is 105 cm³/mol. The number of fused-ring (bicyclic) bond motifs is 1. The molecule has 2 aromatic rings. The third kappa shape index (κ3) is 2.94. The topological polar surface area (TPSA) is 82.8 Å². The zero-order chi connectivity index (χ0) is 19.8. The second kappa shape index (κ2) is 7.10. The van der Waals surface area contributed by atoms with Crippen LogP contribution in [0.1, 0.15) is 30.8 Å². The fraction of sp³-hybridized carbons (Fsp3) is 0.400. The number of nitrogens with zero attached hydrogens (tertiary/aromatic N) is 5. The van der Waals surface area contributed by atoms with Crippen LogP contribution in [0.2, 0.25) is 0 Å². The van der Waals surface area contributed by atoms with Gasteiger partial charge in [0.25, 0.3) is 5.91 Å². The second-order valence-corrected chi connectivity index (χ2v) is 7.05. The Hall–Kier alpha value is -3.16. The van der Waals surface area contributed by atoms with Gasteiger partial charge in [-0.3, -0.25) is 10.1 Å². The number of amides is 3. The van der Waals surface area contributed by atoms with E-state index in [0.717, 1.165) is 29.8 Å². The molecule has 28 heavy (non-hydrogen) atoms. The number of benzene rings is 1. The number of aromatic nitrogens is 2. The number of hydrogen-bond donors (Lipinski definition) is 1. The Kier molecular flexibility index (Phi) is 4.62. The van der Waals surface area contributed by atoms with Crippen molar-refractivity contribution in [1.82, 2.24) is 24.9 Å². The van der Waals surface area contributed by atoms with Crippen molar-refractivity contribution in [2.24, 2.45) is 4.99 Å². The molecule has 0 aliphatic carbocycles. The SMILES string of the molecule is CCc1cc(CC)n(C2=NC3C(C(=O)NC(=O)N3C)N2Cc2ccccc2)n1. The van der Waals surface area contributed by atoms with Crippen LogP contribution in [0.5, 0.6) is 0 Å². The van der Waals surface area contributed by atoms with Crippen LogP contribution in [0, 0.1) is 0 Å². The smallest absolute Gasteiger partial charge is 0.321 e. The summed E-state index contributed by atoms with van der Waals surface area (Å²) in [4.78, 5) is 33.0. The van der Waals surface area contributed by atoms with Gasteiger partial charge in [0.1, 0.15) is 0 Å². The van der Waals surface area contributed by atoms with Gasteiger partial charge >= 0.3 is 6.03 Å². The number of aliphatic imine (C=N–C) groups is 1. The van der Waals surface area contributed by atoms with Crippen LogP contribution in [0.15, 0.2) is 41.4 Å². The first-order valence-electron chi connectivity index (χ1n) is 9.57. The predicted octanol–water partition coefficient (Wildman–Crippen LogP) is 1.60. The molecular weight excluding hydrogens is 356 g/mol. The molecule has 2 atom stereocenters. The average Bonchev–Trinajstić information content (AvgIpc) is 3.28. The lowest BCUT2D eigenvalue weighted by Crippen LogP contribution is -2.63. The van der Waals surface area contributed by atoms with Crippen molar-refractivity contribution >= 4 is 17.9 Å². The van der Waals surface area contributed by atoms with E-state index in [1.54, 1.807) is 7.05 Å². The first-order chi connectivity index (χ1) is 13.5. The van der Waals surface area contributed by atoms with Crippen molar-refractivity contribution in [1.29, 1.82) is 0 Å². The van der Waals surface area contributed by atoms with E-state index in [4.69, 9.17) is 10.1 Å². The number of nitrogens with one attached hydrogen (secondary N) is 1. The maximum absolute atomic E-state index is 12.7. The second-order valence-electron chi connectivity index (χ2n) is 7.05. The lowest BCUT2D eigenvalue weighted by molar-refractivity contribution is -0.127. The van der Waals surface area contributed by atoms with Gasteiger partial charge in [0.15, 0.2) is 12.2 Å². The van der Waals surface area contributed by atoms with Crippen molar-refractivity contribution in [3.63, 3.8) is 0 Å². The third-order valence-electron chi connectivity index (χ3n) is 5.28. The molecule has 4 rings (SSSR count). The fourth-order valence-corrected chi connectivity index (χ4v) is 3.71. The van der Waals surface area contributed by atoms with Crippen LogP contribution >= 0.6 is 0 Å². The Morgan fingerprint density at radius 2 is 1.86 bits per heavy atom. The Labute approximate surface area is 163 Å². The van der Waals surface area contributed by atoms with Gasteiger partial charge in [0.05, 0.1) is 5.69 Å². The van der Waals surface area contributed by atoms with Gasteiger partial charge in [0.2, 0.25) is 5.96 Å². The van der Waals surface area contributed by atoms with E-state index >= 15 is 0 Å². The van der Waals surface area contributed by atoms with Crippen LogP contribution in [-0.2, 0) is 24.2 Å². The molecule has 0 bridgehead atoms. The van der Waals surface area contributed by atoms with E-state index in [0.29, 0.717) is 12.5 Å². The standard InChI is InChI=1S/C20H24N6O2/c1-4-14-11-15(5-2)26(23-14)19-21-17-16(18(27)22-20(28)24(17)3)25(19)12-13-9-7-6-8-10-13/h6-11,16-17H,4-5,12H2,1-3H3,(H,22,27,28). The molecule has 8 nitrogen and oxygen atoms in total. The van der Waals surface area contributed by atoms with Crippen LogP contribution in [0.3, 0.4) is 0 Å². The molecule has 1 N–H and O–H groups in total. The lowest BCUT2D eigenvalue weighted by Gasteiger charge is -2.36. The van der Waals surface area contributed by atoms with E-state index in [1.807, 2.05) is 39.9 Å². The molecule has 2 aliphatic rings. The van der Waals surface area contributed by atoms with Crippen LogP contribution in [-0.4, -0.2) is 56.7 Å². The number of rotatable bonds is 4. The number of hydrogen-bond acceptors (Lipinski definition) is 5. The zero-order valence-electron chi connectivity index (χ0n) is 16.3. The number of carbonyl (C=O) groups excluding carboxylic acids is 2. The maximum atomic E-state index is 12.7. The monoisotopic (exact) mass is 380 g/mol. The zero-order valence-corrected chi connectivity index (χ0v) is 16.3. The quantitative estimate of drug-likeness (QED) is 0.874.